The second-order valence-corrected chi connectivity index (χ2v) is 5.46. The van der Waals surface area contributed by atoms with Crippen LogP contribution in [-0.4, -0.2) is 23.8 Å². The Balaban J connectivity index is 1.73. The molecular formula is C14H19ClN2O2. The van der Waals surface area contributed by atoms with Gasteiger partial charge in [-0.2, -0.15) is 0 Å². The number of carbonyl (C=O) groups excluding carboxylic acids is 1. The molecule has 0 aromatic heterocycles. The molecular weight excluding hydrogens is 264 g/mol. The first kappa shape index (κ1) is 14.2. The van der Waals surface area contributed by atoms with E-state index in [4.69, 9.17) is 11.6 Å². The van der Waals surface area contributed by atoms with Crippen LogP contribution < -0.4 is 10.6 Å². The zero-order valence-corrected chi connectivity index (χ0v) is 11.5. The summed E-state index contributed by atoms with van der Waals surface area (Å²) < 4.78 is 0. The number of nitrogens with one attached hydrogen (secondary N) is 2. The fourth-order valence-corrected chi connectivity index (χ4v) is 2.52. The Bertz CT molecular complexity index is 422. The highest BCUT2D eigenvalue weighted by atomic mass is 35.5. The van der Waals surface area contributed by atoms with Crippen molar-refractivity contribution in [2.45, 2.75) is 31.8 Å². The molecule has 1 saturated carbocycles. The molecule has 4 nitrogen and oxygen atoms in total. The number of aliphatic hydroxyl groups excluding tert-OH is 1. The average Bonchev–Trinajstić information content (AvgIpc) is 2.39. The third kappa shape index (κ3) is 4.73. The van der Waals surface area contributed by atoms with Crippen molar-refractivity contribution in [3.63, 3.8) is 0 Å². The van der Waals surface area contributed by atoms with Gasteiger partial charge in [0.15, 0.2) is 0 Å². The molecule has 0 saturated heterocycles. The van der Waals surface area contributed by atoms with Gasteiger partial charge in [0.1, 0.15) is 0 Å². The lowest BCUT2D eigenvalue weighted by atomic mass is 9.87. The molecule has 0 bridgehead atoms. The highest BCUT2D eigenvalue weighted by Crippen LogP contribution is 2.23. The first-order chi connectivity index (χ1) is 9.13. The van der Waals surface area contributed by atoms with Crippen LogP contribution in [0, 0.1) is 5.92 Å². The van der Waals surface area contributed by atoms with Crippen LogP contribution in [-0.2, 0) is 0 Å². The SMILES string of the molecule is O=C(NCC1CCCC(O)C1)Nc1ccc(Cl)cc1. The van der Waals surface area contributed by atoms with Crippen LogP contribution in [0.2, 0.25) is 5.02 Å². The van der Waals surface area contributed by atoms with Crippen molar-refractivity contribution in [1.29, 1.82) is 0 Å². The van der Waals surface area contributed by atoms with Crippen LogP contribution in [0.5, 0.6) is 0 Å². The van der Waals surface area contributed by atoms with E-state index in [1.165, 1.54) is 0 Å². The van der Waals surface area contributed by atoms with Crippen LogP contribution in [0.15, 0.2) is 24.3 Å². The number of carbonyl (C=O) groups is 1. The quantitative estimate of drug-likeness (QED) is 0.798. The summed E-state index contributed by atoms with van der Waals surface area (Å²) in [5.41, 5.74) is 0.713. The van der Waals surface area contributed by atoms with Gasteiger partial charge in [0.25, 0.3) is 0 Å². The van der Waals surface area contributed by atoms with Gasteiger partial charge in [-0.15, -0.1) is 0 Å². The van der Waals surface area contributed by atoms with E-state index < -0.39 is 0 Å². The van der Waals surface area contributed by atoms with Crippen molar-refractivity contribution in [3.8, 4) is 0 Å². The Morgan fingerprint density at radius 2 is 2.05 bits per heavy atom. The fourth-order valence-electron chi connectivity index (χ4n) is 2.39. The van der Waals surface area contributed by atoms with E-state index in [-0.39, 0.29) is 12.1 Å². The smallest absolute Gasteiger partial charge is 0.319 e. The largest absolute Gasteiger partial charge is 0.393 e. The van der Waals surface area contributed by atoms with E-state index in [1.807, 2.05) is 0 Å². The van der Waals surface area contributed by atoms with E-state index in [2.05, 4.69) is 10.6 Å². The molecule has 2 rings (SSSR count). The van der Waals surface area contributed by atoms with Crippen molar-refractivity contribution in [3.05, 3.63) is 29.3 Å². The number of urea groups is 1. The van der Waals surface area contributed by atoms with Gasteiger partial charge in [-0.05, 0) is 49.4 Å². The van der Waals surface area contributed by atoms with Crippen LogP contribution in [0.1, 0.15) is 25.7 Å². The van der Waals surface area contributed by atoms with E-state index in [0.717, 1.165) is 25.7 Å². The number of rotatable bonds is 3. The summed E-state index contributed by atoms with van der Waals surface area (Å²) >= 11 is 5.77. The number of halogens is 1. The number of hydrogen-bond donors (Lipinski definition) is 3. The zero-order valence-electron chi connectivity index (χ0n) is 10.7. The summed E-state index contributed by atoms with van der Waals surface area (Å²) in [6.45, 7) is 0.608. The van der Waals surface area contributed by atoms with E-state index in [0.29, 0.717) is 23.2 Å². The Hall–Kier alpha value is -1.26. The minimum atomic E-state index is -0.220. The molecule has 1 fully saturated rings. The van der Waals surface area contributed by atoms with Gasteiger partial charge in [-0.1, -0.05) is 18.0 Å². The lowest BCUT2D eigenvalue weighted by Crippen LogP contribution is -2.35. The van der Waals surface area contributed by atoms with Gasteiger partial charge in [-0.3, -0.25) is 0 Å². The van der Waals surface area contributed by atoms with Crippen molar-refractivity contribution < 1.29 is 9.90 Å². The predicted molar refractivity (Wildman–Crippen MR) is 76.4 cm³/mol. The first-order valence-corrected chi connectivity index (χ1v) is 7.00. The molecule has 0 heterocycles. The maximum atomic E-state index is 11.7. The summed E-state index contributed by atoms with van der Waals surface area (Å²) in [6, 6.07) is 6.75. The summed E-state index contributed by atoms with van der Waals surface area (Å²) in [4.78, 5) is 11.7. The topological polar surface area (TPSA) is 61.4 Å². The molecule has 1 aliphatic carbocycles. The van der Waals surface area contributed by atoms with Gasteiger partial charge in [-0.25, -0.2) is 4.79 Å². The van der Waals surface area contributed by atoms with Crippen LogP contribution in [0.25, 0.3) is 0 Å². The fraction of sp³-hybridized carbons (Fsp3) is 0.500. The van der Waals surface area contributed by atoms with Crippen LogP contribution in [0.3, 0.4) is 0 Å². The minimum absolute atomic E-state index is 0.208. The molecule has 104 valence electrons. The van der Waals surface area contributed by atoms with E-state index >= 15 is 0 Å². The Labute approximate surface area is 118 Å². The normalized spacial score (nSPS) is 22.8. The highest BCUT2D eigenvalue weighted by Gasteiger charge is 2.20. The Kier molecular flexibility index (Phi) is 5.05. The molecule has 0 radical (unpaired) electrons. The van der Waals surface area contributed by atoms with Crippen molar-refractivity contribution in [2.75, 3.05) is 11.9 Å². The second-order valence-electron chi connectivity index (χ2n) is 5.03. The maximum absolute atomic E-state index is 11.7. The average molecular weight is 283 g/mol. The highest BCUT2D eigenvalue weighted by molar-refractivity contribution is 6.30. The molecule has 1 aromatic rings. The molecule has 19 heavy (non-hydrogen) atoms. The lowest BCUT2D eigenvalue weighted by molar-refractivity contribution is 0.101. The number of anilines is 1. The molecule has 0 aliphatic heterocycles. The van der Waals surface area contributed by atoms with Gasteiger partial charge >= 0.3 is 6.03 Å². The molecule has 1 aliphatic rings. The summed E-state index contributed by atoms with van der Waals surface area (Å²) in [7, 11) is 0. The molecule has 1 aromatic carbocycles. The summed E-state index contributed by atoms with van der Waals surface area (Å²) in [6.07, 6.45) is 3.55. The maximum Gasteiger partial charge on any atom is 0.319 e. The molecule has 2 unspecified atom stereocenters. The minimum Gasteiger partial charge on any atom is -0.393 e. The number of aliphatic hydroxyl groups is 1. The molecule has 0 spiro atoms. The number of hydrogen-bond acceptors (Lipinski definition) is 2. The third-order valence-electron chi connectivity index (χ3n) is 3.41. The monoisotopic (exact) mass is 282 g/mol. The lowest BCUT2D eigenvalue weighted by Gasteiger charge is -2.25. The Morgan fingerprint density at radius 3 is 2.74 bits per heavy atom. The molecule has 2 atom stereocenters. The van der Waals surface area contributed by atoms with Gasteiger partial charge in [0, 0.05) is 17.3 Å². The summed E-state index contributed by atoms with van der Waals surface area (Å²) in [5, 5.41) is 15.8. The first-order valence-electron chi connectivity index (χ1n) is 6.62. The molecule has 3 N–H and O–H groups in total. The Morgan fingerprint density at radius 1 is 1.32 bits per heavy atom. The van der Waals surface area contributed by atoms with E-state index in [9.17, 15) is 9.90 Å². The third-order valence-corrected chi connectivity index (χ3v) is 3.66. The van der Waals surface area contributed by atoms with Crippen LogP contribution >= 0.6 is 11.6 Å². The standard InChI is InChI=1S/C14H19ClN2O2/c15-11-4-6-12(7-5-11)17-14(19)16-9-10-2-1-3-13(18)8-10/h4-7,10,13,18H,1-3,8-9H2,(H2,16,17,19). The predicted octanol–water partition coefficient (Wildman–Crippen LogP) is 3.01. The number of amides is 2. The molecule has 2 amide bonds. The van der Waals surface area contributed by atoms with Gasteiger partial charge < -0.3 is 15.7 Å². The number of benzene rings is 1. The zero-order chi connectivity index (χ0) is 13.7. The second kappa shape index (κ2) is 6.78. The van der Waals surface area contributed by atoms with Crippen molar-refractivity contribution >= 4 is 23.3 Å². The van der Waals surface area contributed by atoms with Crippen molar-refractivity contribution in [1.82, 2.24) is 5.32 Å². The van der Waals surface area contributed by atoms with Crippen LogP contribution in [0.4, 0.5) is 10.5 Å². The summed E-state index contributed by atoms with van der Waals surface area (Å²) in [5.74, 6) is 0.375. The van der Waals surface area contributed by atoms with Gasteiger partial charge in [0.05, 0.1) is 6.10 Å². The van der Waals surface area contributed by atoms with Crippen molar-refractivity contribution in [2.24, 2.45) is 5.92 Å². The molecule has 5 heteroatoms. The van der Waals surface area contributed by atoms with E-state index in [1.54, 1.807) is 24.3 Å². The van der Waals surface area contributed by atoms with Gasteiger partial charge in [0.2, 0.25) is 0 Å².